The first-order chi connectivity index (χ1) is 14.9. The fourth-order valence-electron chi connectivity index (χ4n) is 4.13. The number of ketones is 1. The van der Waals surface area contributed by atoms with Crippen molar-refractivity contribution in [1.82, 2.24) is 24.5 Å². The summed E-state index contributed by atoms with van der Waals surface area (Å²) in [5.74, 6) is 1.21. The van der Waals surface area contributed by atoms with Gasteiger partial charge < -0.3 is 5.73 Å². The first kappa shape index (κ1) is 19.1. The maximum absolute atomic E-state index is 12.6. The van der Waals surface area contributed by atoms with Crippen LogP contribution in [-0.2, 0) is 6.42 Å². The highest BCUT2D eigenvalue weighted by Gasteiger charge is 2.32. The number of carbonyl (C=O) groups excluding carboxylic acids is 1. The molecule has 1 aliphatic carbocycles. The molecule has 0 bridgehead atoms. The van der Waals surface area contributed by atoms with Crippen LogP contribution in [0.25, 0.3) is 28.5 Å². The van der Waals surface area contributed by atoms with E-state index >= 15 is 0 Å². The van der Waals surface area contributed by atoms with Crippen molar-refractivity contribution in [1.29, 1.82) is 0 Å². The maximum atomic E-state index is 12.6. The Morgan fingerprint density at radius 1 is 0.968 bits per heavy atom. The molecular weight excluding hydrogens is 388 g/mol. The number of fused-ring (bicyclic) bond motifs is 1. The second-order valence-corrected chi connectivity index (χ2v) is 8.59. The number of nitrogens with two attached hydrogens (primary N) is 1. The van der Waals surface area contributed by atoms with Crippen molar-refractivity contribution in [3.05, 3.63) is 72.4 Å². The molecule has 0 fully saturated rings. The number of imidazole rings is 1. The van der Waals surface area contributed by atoms with Gasteiger partial charge >= 0.3 is 0 Å². The molecule has 0 spiro atoms. The number of carbonyl (C=O) groups is 1. The molecule has 0 aliphatic heterocycles. The zero-order valence-electron chi connectivity index (χ0n) is 17.4. The van der Waals surface area contributed by atoms with E-state index in [1.807, 2.05) is 41.0 Å². The van der Waals surface area contributed by atoms with Gasteiger partial charge in [0.2, 0.25) is 0 Å². The lowest BCUT2D eigenvalue weighted by Crippen LogP contribution is -2.28. The average molecular weight is 410 g/mol. The van der Waals surface area contributed by atoms with Gasteiger partial charge in [0.05, 0.1) is 17.6 Å². The number of nitrogen functional groups attached to an aromatic ring is 1. The molecule has 154 valence electrons. The molecule has 4 aromatic rings. The summed E-state index contributed by atoms with van der Waals surface area (Å²) in [5, 5.41) is 0. The third kappa shape index (κ3) is 3.38. The number of rotatable bonds is 3. The summed E-state index contributed by atoms with van der Waals surface area (Å²) in [6.45, 7) is 4.19. The molecule has 1 aliphatic rings. The number of nitrogens with zero attached hydrogens (tertiary/aromatic N) is 5. The molecular formula is C24H22N6O. The molecule has 7 heteroatoms. The quantitative estimate of drug-likeness (QED) is 0.545. The predicted molar refractivity (Wildman–Crippen MR) is 119 cm³/mol. The fourth-order valence-corrected chi connectivity index (χ4v) is 4.13. The van der Waals surface area contributed by atoms with Crippen LogP contribution in [-0.4, -0.2) is 30.3 Å². The van der Waals surface area contributed by atoms with E-state index in [1.54, 1.807) is 24.8 Å². The number of hydrogen-bond donors (Lipinski definition) is 1. The highest BCUT2D eigenvalue weighted by molar-refractivity contribution is 5.98. The zero-order valence-corrected chi connectivity index (χ0v) is 17.4. The molecule has 4 aromatic heterocycles. The van der Waals surface area contributed by atoms with Gasteiger partial charge in [0.1, 0.15) is 17.2 Å². The van der Waals surface area contributed by atoms with Crippen molar-refractivity contribution in [3.8, 4) is 28.5 Å². The minimum absolute atomic E-state index is 0.117. The Labute approximate surface area is 180 Å². The van der Waals surface area contributed by atoms with Gasteiger partial charge in [-0.25, -0.2) is 9.97 Å². The lowest BCUT2D eigenvalue weighted by atomic mass is 9.75. The second kappa shape index (κ2) is 7.12. The molecule has 4 heterocycles. The van der Waals surface area contributed by atoms with Crippen LogP contribution < -0.4 is 5.73 Å². The number of Topliss-reactive ketones (excluding diaryl/α,β-unsaturated/α-hetero) is 1. The largest absolute Gasteiger partial charge is 0.383 e. The Kier molecular flexibility index (Phi) is 4.39. The summed E-state index contributed by atoms with van der Waals surface area (Å²) in [7, 11) is 0. The molecule has 31 heavy (non-hydrogen) atoms. The maximum Gasteiger partial charge on any atom is 0.165 e. The predicted octanol–water partition coefficient (Wildman–Crippen LogP) is 4.13. The van der Waals surface area contributed by atoms with Gasteiger partial charge in [0.15, 0.2) is 11.6 Å². The Bertz CT molecular complexity index is 1280. The Morgan fingerprint density at radius 3 is 2.45 bits per heavy atom. The molecule has 2 N–H and O–H groups in total. The van der Waals surface area contributed by atoms with E-state index in [0.717, 1.165) is 23.4 Å². The number of anilines is 1. The normalized spacial score (nSPS) is 15.0. The summed E-state index contributed by atoms with van der Waals surface area (Å²) < 4.78 is 1.85. The van der Waals surface area contributed by atoms with Crippen LogP contribution in [0.3, 0.4) is 0 Å². The third-order valence-electron chi connectivity index (χ3n) is 5.54. The molecule has 0 amide bonds. The van der Waals surface area contributed by atoms with Crippen LogP contribution in [0.2, 0.25) is 0 Å². The summed E-state index contributed by atoms with van der Waals surface area (Å²) >= 11 is 0. The lowest BCUT2D eigenvalue weighted by molar-refractivity contribution is 0.0910. The average Bonchev–Trinajstić information content (AvgIpc) is 3.11. The van der Waals surface area contributed by atoms with Crippen molar-refractivity contribution < 1.29 is 4.79 Å². The Morgan fingerprint density at radius 2 is 1.74 bits per heavy atom. The third-order valence-corrected chi connectivity index (χ3v) is 5.54. The zero-order chi connectivity index (χ0) is 21.6. The highest BCUT2D eigenvalue weighted by atomic mass is 16.1. The molecule has 0 unspecified atom stereocenters. The van der Waals surface area contributed by atoms with E-state index < -0.39 is 0 Å². The summed E-state index contributed by atoms with van der Waals surface area (Å²) in [6, 6.07) is 11.2. The molecule has 0 aromatic carbocycles. The molecule has 7 nitrogen and oxygen atoms in total. The van der Waals surface area contributed by atoms with Crippen LogP contribution in [0.1, 0.15) is 36.3 Å². The van der Waals surface area contributed by atoms with Crippen molar-refractivity contribution in [2.24, 2.45) is 5.41 Å². The topological polar surface area (TPSA) is 99.6 Å². The highest BCUT2D eigenvalue weighted by Crippen LogP contribution is 2.37. The van der Waals surface area contributed by atoms with Gasteiger partial charge in [0.25, 0.3) is 0 Å². The van der Waals surface area contributed by atoms with Crippen molar-refractivity contribution >= 4 is 11.6 Å². The molecule has 0 saturated heterocycles. The standard InChI is InChI=1S/C24H22N6O/c1-24(2)11-19-17(20(31)12-24)7-8-18(28-19)23-29-21(15-5-3-9-26-13-15)22(25)30(23)16-6-4-10-27-14-16/h3-10,13-14H,11-12,25H2,1-2H3. The number of hydrogen-bond acceptors (Lipinski definition) is 6. The first-order valence-corrected chi connectivity index (χ1v) is 10.2. The molecule has 0 saturated carbocycles. The van der Waals surface area contributed by atoms with Gasteiger partial charge in [-0.1, -0.05) is 13.8 Å². The first-order valence-electron chi connectivity index (χ1n) is 10.2. The SMILES string of the molecule is CC1(C)CC(=O)c2ccc(-c3nc(-c4cccnc4)c(N)n3-c3cccnc3)nc2C1. The van der Waals surface area contributed by atoms with Crippen molar-refractivity contribution in [2.45, 2.75) is 26.7 Å². The van der Waals surface area contributed by atoms with Gasteiger partial charge in [-0.15, -0.1) is 0 Å². The van der Waals surface area contributed by atoms with Crippen LogP contribution in [0.15, 0.2) is 61.2 Å². The number of aromatic nitrogens is 5. The van der Waals surface area contributed by atoms with Gasteiger partial charge in [-0.3, -0.25) is 19.3 Å². The van der Waals surface area contributed by atoms with E-state index in [-0.39, 0.29) is 11.2 Å². The van der Waals surface area contributed by atoms with Crippen molar-refractivity contribution in [2.75, 3.05) is 5.73 Å². The Hall–Kier alpha value is -3.87. The fraction of sp³-hybridized carbons (Fsp3) is 0.208. The second-order valence-electron chi connectivity index (χ2n) is 8.59. The van der Waals surface area contributed by atoms with Gasteiger partial charge in [-0.05, 0) is 48.2 Å². The minimum Gasteiger partial charge on any atom is -0.383 e. The summed E-state index contributed by atoms with van der Waals surface area (Å²) in [5.41, 5.74) is 10.9. The summed E-state index contributed by atoms with van der Waals surface area (Å²) in [4.78, 5) is 30.7. The van der Waals surface area contributed by atoms with Crippen LogP contribution in [0.5, 0.6) is 0 Å². The van der Waals surface area contributed by atoms with Crippen LogP contribution in [0, 0.1) is 5.41 Å². The van der Waals surface area contributed by atoms with E-state index in [2.05, 4.69) is 23.8 Å². The molecule has 0 radical (unpaired) electrons. The smallest absolute Gasteiger partial charge is 0.165 e. The molecule has 5 rings (SSSR count). The monoisotopic (exact) mass is 410 g/mol. The van der Waals surface area contributed by atoms with E-state index in [9.17, 15) is 4.79 Å². The number of pyridine rings is 3. The van der Waals surface area contributed by atoms with E-state index in [4.69, 9.17) is 15.7 Å². The molecule has 0 atom stereocenters. The minimum atomic E-state index is -0.117. The van der Waals surface area contributed by atoms with Crippen LogP contribution >= 0.6 is 0 Å². The van der Waals surface area contributed by atoms with Crippen LogP contribution in [0.4, 0.5) is 5.82 Å². The van der Waals surface area contributed by atoms with E-state index in [1.165, 1.54) is 0 Å². The lowest BCUT2D eigenvalue weighted by Gasteiger charge is -2.29. The van der Waals surface area contributed by atoms with Crippen molar-refractivity contribution in [3.63, 3.8) is 0 Å². The van der Waals surface area contributed by atoms with E-state index in [0.29, 0.717) is 35.0 Å². The van der Waals surface area contributed by atoms with Gasteiger partial charge in [-0.2, -0.15) is 0 Å². The summed E-state index contributed by atoms with van der Waals surface area (Å²) in [6.07, 6.45) is 8.16. The van der Waals surface area contributed by atoms with Gasteiger partial charge in [0, 0.05) is 36.1 Å². The Balaban J connectivity index is 1.72.